The van der Waals surface area contributed by atoms with Crippen molar-refractivity contribution in [1.29, 1.82) is 0 Å². The zero-order chi connectivity index (χ0) is 29.7. The van der Waals surface area contributed by atoms with Crippen molar-refractivity contribution in [2.75, 3.05) is 19.0 Å². The summed E-state index contributed by atoms with van der Waals surface area (Å²) in [4.78, 5) is 30.0. The minimum Gasteiger partial charge on any atom is -0.497 e. The highest BCUT2D eigenvalue weighted by molar-refractivity contribution is 6.54. The summed E-state index contributed by atoms with van der Waals surface area (Å²) in [6, 6.07) is 12.0. The Balaban J connectivity index is 1.62. The molecule has 1 atom stereocenters. The second-order valence-electron chi connectivity index (χ2n) is 9.45. The molecule has 0 bridgehead atoms. The summed E-state index contributed by atoms with van der Waals surface area (Å²) < 4.78 is 52.6. The Bertz CT molecular complexity index is 1400. The van der Waals surface area contributed by atoms with Gasteiger partial charge in [-0.25, -0.2) is 0 Å². The zero-order valence-electron chi connectivity index (χ0n) is 22.3. The topological polar surface area (TPSA) is 80.8 Å². The first-order chi connectivity index (χ1) is 19.5. The van der Waals surface area contributed by atoms with E-state index in [-0.39, 0.29) is 24.4 Å². The van der Waals surface area contributed by atoms with E-state index in [9.17, 15) is 22.8 Å². The number of anilines is 1. The van der Waals surface area contributed by atoms with Gasteiger partial charge in [0.2, 0.25) is 0 Å². The molecule has 0 aliphatic carbocycles. The number of hydrogen-bond donors (Lipinski definition) is 1. The summed E-state index contributed by atoms with van der Waals surface area (Å²) in [5.41, 5.74) is 2.00. The molecule has 0 saturated carbocycles. The summed E-state index contributed by atoms with van der Waals surface area (Å²) in [6.45, 7) is 2.05. The third-order valence-corrected chi connectivity index (χ3v) is 7.04. The molecule has 1 N–H and O–H groups in total. The standard InChI is InChI=1S/C29H28Cl2F3N3O4/c1-3-17-4-5-21(35-15-17)8-9-41-25-13-19-12-23(40-2)6-7-24(19)28(39)37(25)16-18-10-20(29(32,33)34)14-22(11-18)36-27(38)26(30)31/h4-7,10-12,14-15,25-26H,3,8-9,13,16H2,1-2H3,(H,36,38). The molecule has 4 rings (SSSR count). The summed E-state index contributed by atoms with van der Waals surface area (Å²) in [5.74, 6) is -0.717. The van der Waals surface area contributed by atoms with Crippen molar-refractivity contribution >= 4 is 40.7 Å². The fraction of sp³-hybridized carbons (Fsp3) is 0.345. The number of pyridine rings is 1. The predicted octanol–water partition coefficient (Wildman–Crippen LogP) is 6.20. The summed E-state index contributed by atoms with van der Waals surface area (Å²) >= 11 is 11.1. The second-order valence-corrected chi connectivity index (χ2v) is 10.5. The predicted molar refractivity (Wildman–Crippen MR) is 149 cm³/mol. The fourth-order valence-corrected chi connectivity index (χ4v) is 4.61. The van der Waals surface area contributed by atoms with Crippen molar-refractivity contribution in [3.63, 3.8) is 0 Å². The van der Waals surface area contributed by atoms with Crippen LogP contribution in [0, 0.1) is 0 Å². The number of aromatic nitrogens is 1. The van der Waals surface area contributed by atoms with Gasteiger partial charge in [-0.05, 0) is 65.6 Å². The van der Waals surface area contributed by atoms with Crippen molar-refractivity contribution in [2.45, 2.75) is 50.0 Å². The second kappa shape index (κ2) is 13.1. The van der Waals surface area contributed by atoms with Crippen LogP contribution in [-0.4, -0.2) is 46.5 Å². The quantitative estimate of drug-likeness (QED) is 0.277. The molecule has 2 aromatic carbocycles. The van der Waals surface area contributed by atoms with Gasteiger partial charge in [0.25, 0.3) is 11.8 Å². The molecule has 1 unspecified atom stereocenters. The maximum atomic E-state index is 13.7. The van der Waals surface area contributed by atoms with E-state index in [0.29, 0.717) is 29.7 Å². The number of hydrogen-bond acceptors (Lipinski definition) is 5. The Hall–Kier alpha value is -3.34. The zero-order valence-corrected chi connectivity index (χ0v) is 23.8. The summed E-state index contributed by atoms with van der Waals surface area (Å²) in [7, 11) is 1.52. The van der Waals surface area contributed by atoms with Crippen LogP contribution >= 0.6 is 23.2 Å². The van der Waals surface area contributed by atoms with Gasteiger partial charge in [-0.2, -0.15) is 13.2 Å². The SMILES string of the molecule is CCc1ccc(CCOC2Cc3cc(OC)ccc3C(=O)N2Cc2cc(NC(=O)C(Cl)Cl)cc(C(F)(F)F)c2)nc1. The first-order valence-corrected chi connectivity index (χ1v) is 13.7. The lowest BCUT2D eigenvalue weighted by atomic mass is 9.96. The normalized spacial score (nSPS) is 15.2. The van der Waals surface area contributed by atoms with Crippen LogP contribution in [0.3, 0.4) is 0 Å². The highest BCUT2D eigenvalue weighted by atomic mass is 35.5. The number of fused-ring (bicyclic) bond motifs is 1. The molecule has 2 heterocycles. The molecule has 1 aliphatic rings. The molecule has 0 saturated heterocycles. The van der Waals surface area contributed by atoms with E-state index in [1.54, 1.807) is 24.4 Å². The van der Waals surface area contributed by atoms with Gasteiger partial charge in [-0.1, -0.05) is 36.2 Å². The Kier molecular flexibility index (Phi) is 9.78. The summed E-state index contributed by atoms with van der Waals surface area (Å²) in [5, 5.41) is 2.28. The molecule has 1 aliphatic heterocycles. The van der Waals surface area contributed by atoms with E-state index in [0.717, 1.165) is 29.8 Å². The maximum Gasteiger partial charge on any atom is 0.416 e. The lowest BCUT2D eigenvalue weighted by Crippen LogP contribution is -2.47. The lowest BCUT2D eigenvalue weighted by Gasteiger charge is -2.37. The number of nitrogens with one attached hydrogen (secondary N) is 1. The van der Waals surface area contributed by atoms with E-state index >= 15 is 0 Å². The van der Waals surface area contributed by atoms with E-state index < -0.39 is 34.6 Å². The lowest BCUT2D eigenvalue weighted by molar-refractivity contribution is -0.137. The van der Waals surface area contributed by atoms with Gasteiger partial charge in [-0.3, -0.25) is 14.6 Å². The molecular weight excluding hydrogens is 582 g/mol. The molecule has 3 aromatic rings. The highest BCUT2D eigenvalue weighted by Crippen LogP contribution is 2.34. The highest BCUT2D eigenvalue weighted by Gasteiger charge is 2.35. The van der Waals surface area contributed by atoms with Crippen molar-refractivity contribution in [2.24, 2.45) is 0 Å². The van der Waals surface area contributed by atoms with Crippen LogP contribution in [0.4, 0.5) is 18.9 Å². The van der Waals surface area contributed by atoms with Crippen LogP contribution in [0.2, 0.25) is 0 Å². The minimum atomic E-state index is -4.71. The van der Waals surface area contributed by atoms with Crippen LogP contribution in [0.5, 0.6) is 5.75 Å². The van der Waals surface area contributed by atoms with Gasteiger partial charge in [-0.15, -0.1) is 0 Å². The number of alkyl halides is 5. The van der Waals surface area contributed by atoms with Gasteiger partial charge in [0, 0.05) is 42.5 Å². The molecule has 12 heteroatoms. The minimum absolute atomic E-state index is 0.131. The molecule has 0 spiro atoms. The third-order valence-electron chi connectivity index (χ3n) is 6.65. The van der Waals surface area contributed by atoms with E-state index in [4.69, 9.17) is 32.7 Å². The Morgan fingerprint density at radius 2 is 1.93 bits per heavy atom. The molecular formula is C29H28Cl2F3N3O4. The van der Waals surface area contributed by atoms with Crippen molar-refractivity contribution in [3.05, 3.63) is 88.2 Å². The molecule has 7 nitrogen and oxygen atoms in total. The average Bonchev–Trinajstić information content (AvgIpc) is 2.94. The van der Waals surface area contributed by atoms with E-state index in [1.807, 2.05) is 19.1 Å². The van der Waals surface area contributed by atoms with Gasteiger partial charge in [0.05, 0.1) is 19.3 Å². The maximum absolute atomic E-state index is 13.7. The Morgan fingerprint density at radius 3 is 2.56 bits per heavy atom. The number of carbonyl (C=O) groups is 2. The van der Waals surface area contributed by atoms with Crippen LogP contribution < -0.4 is 10.1 Å². The largest absolute Gasteiger partial charge is 0.497 e. The Morgan fingerprint density at radius 1 is 1.15 bits per heavy atom. The smallest absolute Gasteiger partial charge is 0.416 e. The monoisotopic (exact) mass is 609 g/mol. The Labute approximate surface area is 245 Å². The average molecular weight is 610 g/mol. The van der Waals surface area contributed by atoms with Crippen LogP contribution in [0.15, 0.2) is 54.7 Å². The molecule has 2 amide bonds. The molecule has 1 aromatic heterocycles. The number of halogens is 5. The number of methoxy groups -OCH3 is 1. The van der Waals surface area contributed by atoms with Crippen LogP contribution in [0.1, 0.15) is 45.2 Å². The number of nitrogens with zero attached hydrogens (tertiary/aromatic N) is 2. The van der Waals surface area contributed by atoms with Gasteiger partial charge < -0.3 is 19.7 Å². The first kappa shape index (κ1) is 30.6. The van der Waals surface area contributed by atoms with Gasteiger partial charge in [0.15, 0.2) is 4.84 Å². The van der Waals surface area contributed by atoms with Crippen molar-refractivity contribution in [1.82, 2.24) is 9.88 Å². The third kappa shape index (κ3) is 7.69. The van der Waals surface area contributed by atoms with Crippen molar-refractivity contribution < 1.29 is 32.2 Å². The number of aryl methyl sites for hydroxylation is 1. The molecule has 0 radical (unpaired) electrons. The van der Waals surface area contributed by atoms with Gasteiger partial charge in [0.1, 0.15) is 12.0 Å². The first-order valence-electron chi connectivity index (χ1n) is 12.8. The van der Waals surface area contributed by atoms with E-state index in [2.05, 4.69) is 10.3 Å². The number of carbonyl (C=O) groups excluding carboxylic acids is 2. The van der Waals surface area contributed by atoms with Crippen LogP contribution in [-0.2, 0) is 41.5 Å². The molecule has 0 fully saturated rings. The number of ether oxygens (including phenoxy) is 2. The van der Waals surface area contributed by atoms with E-state index in [1.165, 1.54) is 18.1 Å². The fourth-order valence-electron chi connectivity index (χ4n) is 4.51. The van der Waals surface area contributed by atoms with Gasteiger partial charge >= 0.3 is 6.18 Å². The van der Waals surface area contributed by atoms with Crippen LogP contribution in [0.25, 0.3) is 0 Å². The molecule has 218 valence electrons. The summed E-state index contributed by atoms with van der Waals surface area (Å²) in [6.07, 6.45) is -2.05. The number of benzene rings is 2. The molecule has 41 heavy (non-hydrogen) atoms. The number of rotatable bonds is 10. The van der Waals surface area contributed by atoms with Crippen molar-refractivity contribution in [3.8, 4) is 5.75 Å². The number of amides is 2.